The van der Waals surface area contributed by atoms with Crippen molar-refractivity contribution in [2.75, 3.05) is 13.1 Å². The van der Waals surface area contributed by atoms with Crippen LogP contribution in [0.5, 0.6) is 0 Å². The molecular weight excluding hydrogens is 372 g/mol. The van der Waals surface area contributed by atoms with E-state index in [1.165, 1.54) is 0 Å². The molecule has 1 aliphatic rings. The van der Waals surface area contributed by atoms with E-state index in [1.807, 2.05) is 64.3 Å². The van der Waals surface area contributed by atoms with E-state index in [1.54, 1.807) is 0 Å². The Kier molecular flexibility index (Phi) is 6.49. The first-order valence-electron chi connectivity index (χ1n) is 9.42. The van der Waals surface area contributed by atoms with Gasteiger partial charge in [-0.15, -0.1) is 12.4 Å². The molecular formula is C22H25ClN4O. The van der Waals surface area contributed by atoms with E-state index in [0.29, 0.717) is 25.2 Å². The lowest BCUT2D eigenvalue weighted by Gasteiger charge is -2.30. The summed E-state index contributed by atoms with van der Waals surface area (Å²) in [6.45, 7) is 2.05. The van der Waals surface area contributed by atoms with Crippen LogP contribution in [0.15, 0.2) is 66.9 Å². The molecule has 0 aliphatic carbocycles. The van der Waals surface area contributed by atoms with Crippen LogP contribution in [0.1, 0.15) is 28.8 Å². The number of amides is 1. The standard InChI is InChI=1S/C22H24N4O.ClH/c23-19-11-13-25(14-12-19)22(27)20-16-26(15-17-7-3-1-4-8-17)24-21(20)18-9-5-2-6-10-18;/h1-10,16,19H,11-15,23H2;1H. The topological polar surface area (TPSA) is 64.2 Å². The summed E-state index contributed by atoms with van der Waals surface area (Å²) >= 11 is 0. The number of likely N-dealkylation sites (tertiary alicyclic amines) is 1. The van der Waals surface area contributed by atoms with Crippen LogP contribution in [0, 0.1) is 0 Å². The van der Waals surface area contributed by atoms with Crippen molar-refractivity contribution in [3.63, 3.8) is 0 Å². The first-order valence-corrected chi connectivity index (χ1v) is 9.42. The van der Waals surface area contributed by atoms with Crippen LogP contribution >= 0.6 is 12.4 Å². The van der Waals surface area contributed by atoms with Crippen LogP contribution in [-0.4, -0.2) is 39.7 Å². The van der Waals surface area contributed by atoms with Gasteiger partial charge in [0, 0.05) is 30.9 Å². The monoisotopic (exact) mass is 396 g/mol. The summed E-state index contributed by atoms with van der Waals surface area (Å²) in [7, 11) is 0. The van der Waals surface area contributed by atoms with Crippen LogP contribution in [0.3, 0.4) is 0 Å². The zero-order valence-electron chi connectivity index (χ0n) is 15.7. The largest absolute Gasteiger partial charge is 0.338 e. The SMILES string of the molecule is Cl.NC1CCN(C(=O)c2cn(Cc3ccccc3)nc2-c2ccccc2)CC1. The molecule has 0 atom stereocenters. The zero-order chi connectivity index (χ0) is 18.6. The maximum Gasteiger partial charge on any atom is 0.257 e. The van der Waals surface area contributed by atoms with Crippen molar-refractivity contribution in [3.05, 3.63) is 78.0 Å². The minimum atomic E-state index is 0. The Hall–Kier alpha value is -2.63. The van der Waals surface area contributed by atoms with E-state index in [4.69, 9.17) is 10.8 Å². The summed E-state index contributed by atoms with van der Waals surface area (Å²) in [5.74, 6) is 0.0417. The van der Waals surface area contributed by atoms with Gasteiger partial charge in [-0.25, -0.2) is 0 Å². The molecule has 4 rings (SSSR count). The van der Waals surface area contributed by atoms with Crippen LogP contribution in [-0.2, 0) is 6.54 Å². The molecule has 1 aromatic heterocycles. The van der Waals surface area contributed by atoms with Gasteiger partial charge in [-0.05, 0) is 18.4 Å². The Morgan fingerprint density at radius 1 is 1.00 bits per heavy atom. The Morgan fingerprint density at radius 2 is 1.61 bits per heavy atom. The summed E-state index contributed by atoms with van der Waals surface area (Å²) in [6.07, 6.45) is 3.58. The first-order chi connectivity index (χ1) is 13.2. The summed E-state index contributed by atoms with van der Waals surface area (Å²) < 4.78 is 1.86. The Balaban J connectivity index is 0.00000225. The number of rotatable bonds is 4. The van der Waals surface area contributed by atoms with Crippen LogP contribution in [0.2, 0.25) is 0 Å². The number of hydrogen-bond acceptors (Lipinski definition) is 3. The molecule has 3 aromatic rings. The second-order valence-electron chi connectivity index (χ2n) is 7.07. The molecule has 28 heavy (non-hydrogen) atoms. The molecule has 146 valence electrons. The maximum absolute atomic E-state index is 13.2. The average molecular weight is 397 g/mol. The van der Waals surface area contributed by atoms with Gasteiger partial charge >= 0.3 is 0 Å². The van der Waals surface area contributed by atoms with Crippen LogP contribution < -0.4 is 5.73 Å². The minimum Gasteiger partial charge on any atom is -0.338 e. The third-order valence-electron chi connectivity index (χ3n) is 5.05. The molecule has 1 aliphatic heterocycles. The number of nitrogens with zero attached hydrogens (tertiary/aromatic N) is 3. The van der Waals surface area contributed by atoms with Crippen LogP contribution in [0.25, 0.3) is 11.3 Å². The lowest BCUT2D eigenvalue weighted by atomic mass is 10.0. The van der Waals surface area contributed by atoms with Crippen molar-refractivity contribution in [1.82, 2.24) is 14.7 Å². The number of piperidine rings is 1. The lowest BCUT2D eigenvalue weighted by Crippen LogP contribution is -2.42. The molecule has 1 fully saturated rings. The van der Waals surface area contributed by atoms with Gasteiger partial charge in [0.05, 0.1) is 12.1 Å². The summed E-state index contributed by atoms with van der Waals surface area (Å²) in [4.78, 5) is 15.1. The van der Waals surface area contributed by atoms with Crippen molar-refractivity contribution in [1.29, 1.82) is 0 Å². The number of aromatic nitrogens is 2. The number of carbonyl (C=O) groups excluding carboxylic acids is 1. The molecule has 0 saturated carbocycles. The maximum atomic E-state index is 13.2. The third-order valence-corrected chi connectivity index (χ3v) is 5.05. The minimum absolute atomic E-state index is 0. The fourth-order valence-corrected chi connectivity index (χ4v) is 3.51. The highest BCUT2D eigenvalue weighted by atomic mass is 35.5. The molecule has 2 heterocycles. The first kappa shape index (κ1) is 20.1. The van der Waals surface area contributed by atoms with Gasteiger partial charge in [0.1, 0.15) is 5.69 Å². The van der Waals surface area contributed by atoms with E-state index < -0.39 is 0 Å². The molecule has 2 aromatic carbocycles. The van der Waals surface area contributed by atoms with Crippen molar-refractivity contribution >= 4 is 18.3 Å². The highest BCUT2D eigenvalue weighted by Crippen LogP contribution is 2.25. The highest BCUT2D eigenvalue weighted by Gasteiger charge is 2.26. The fraction of sp³-hybridized carbons (Fsp3) is 0.273. The van der Waals surface area contributed by atoms with E-state index in [9.17, 15) is 4.79 Å². The molecule has 0 radical (unpaired) electrons. The van der Waals surface area contributed by atoms with Crippen LogP contribution in [0.4, 0.5) is 0 Å². The van der Waals surface area contributed by atoms with E-state index >= 15 is 0 Å². The van der Waals surface area contributed by atoms with Gasteiger partial charge in [0.25, 0.3) is 5.91 Å². The highest BCUT2D eigenvalue weighted by molar-refractivity contribution is 5.99. The second kappa shape index (κ2) is 9.04. The van der Waals surface area contributed by atoms with Gasteiger partial charge in [-0.2, -0.15) is 5.10 Å². The molecule has 2 N–H and O–H groups in total. The smallest absolute Gasteiger partial charge is 0.257 e. The predicted octanol–water partition coefficient (Wildman–Crippen LogP) is 3.58. The second-order valence-corrected chi connectivity index (χ2v) is 7.07. The zero-order valence-corrected chi connectivity index (χ0v) is 16.5. The van der Waals surface area contributed by atoms with Gasteiger partial charge in [-0.3, -0.25) is 9.48 Å². The van der Waals surface area contributed by atoms with Crippen molar-refractivity contribution in [2.24, 2.45) is 5.73 Å². The van der Waals surface area contributed by atoms with E-state index in [0.717, 1.165) is 29.7 Å². The Morgan fingerprint density at radius 3 is 2.25 bits per heavy atom. The van der Waals surface area contributed by atoms with Gasteiger partial charge in [0.2, 0.25) is 0 Å². The summed E-state index contributed by atoms with van der Waals surface area (Å²) in [6, 6.07) is 20.3. The lowest BCUT2D eigenvalue weighted by molar-refractivity contribution is 0.0715. The summed E-state index contributed by atoms with van der Waals surface area (Å²) in [5, 5.41) is 4.75. The molecule has 1 amide bonds. The Labute approximate surface area is 171 Å². The van der Waals surface area contributed by atoms with Gasteiger partial charge in [-0.1, -0.05) is 60.7 Å². The number of carbonyl (C=O) groups is 1. The molecule has 0 unspecified atom stereocenters. The quantitative estimate of drug-likeness (QED) is 0.733. The molecule has 0 spiro atoms. The third kappa shape index (κ3) is 4.43. The number of hydrogen-bond donors (Lipinski definition) is 1. The number of nitrogens with two attached hydrogens (primary N) is 1. The normalized spacial score (nSPS) is 14.5. The van der Waals surface area contributed by atoms with E-state index in [2.05, 4.69) is 12.1 Å². The van der Waals surface area contributed by atoms with Gasteiger partial charge < -0.3 is 10.6 Å². The van der Waals surface area contributed by atoms with Crippen molar-refractivity contribution < 1.29 is 4.79 Å². The summed E-state index contributed by atoms with van der Waals surface area (Å²) in [5.41, 5.74) is 9.51. The molecule has 6 heteroatoms. The van der Waals surface area contributed by atoms with E-state index in [-0.39, 0.29) is 24.4 Å². The van der Waals surface area contributed by atoms with Crippen molar-refractivity contribution in [3.8, 4) is 11.3 Å². The molecule has 1 saturated heterocycles. The Bertz CT molecular complexity index is 903. The molecule has 0 bridgehead atoms. The fourth-order valence-electron chi connectivity index (χ4n) is 3.51. The molecule has 5 nitrogen and oxygen atoms in total. The number of benzene rings is 2. The van der Waals surface area contributed by atoms with Crippen molar-refractivity contribution in [2.45, 2.75) is 25.4 Å². The number of halogens is 1. The average Bonchev–Trinajstić information content (AvgIpc) is 3.13. The van der Waals surface area contributed by atoms with Gasteiger partial charge in [0.15, 0.2) is 0 Å². The predicted molar refractivity (Wildman–Crippen MR) is 114 cm³/mol.